The van der Waals surface area contributed by atoms with Crippen molar-refractivity contribution in [3.05, 3.63) is 30.3 Å². The molecule has 0 aliphatic carbocycles. The number of carboxylic acid groups (broad SMARTS) is 1. The molecule has 1 aliphatic heterocycles. The van der Waals surface area contributed by atoms with Crippen LogP contribution >= 0.6 is 0 Å². The maximum absolute atomic E-state index is 12.5. The van der Waals surface area contributed by atoms with Gasteiger partial charge in [0.2, 0.25) is 0 Å². The molecule has 2 rings (SSSR count). The molecule has 146 valence electrons. The van der Waals surface area contributed by atoms with Gasteiger partial charge >= 0.3 is 5.97 Å². The van der Waals surface area contributed by atoms with Crippen molar-refractivity contribution in [2.45, 2.75) is 44.1 Å². The summed E-state index contributed by atoms with van der Waals surface area (Å²) in [5.74, 6) is -0.721. The molecule has 0 radical (unpaired) electrons. The molecule has 0 bridgehead atoms. The minimum atomic E-state index is -3.41. The maximum Gasteiger partial charge on any atom is 0.313 e. The van der Waals surface area contributed by atoms with Crippen LogP contribution in [0.25, 0.3) is 0 Å². The fourth-order valence-corrected chi connectivity index (χ4v) is 4.77. The van der Waals surface area contributed by atoms with Gasteiger partial charge in [-0.05, 0) is 37.3 Å². The van der Waals surface area contributed by atoms with Crippen LogP contribution in [0.3, 0.4) is 0 Å². The number of aliphatic carboxylic acids is 1. The second-order valence-electron chi connectivity index (χ2n) is 7.61. The van der Waals surface area contributed by atoms with Crippen molar-refractivity contribution in [3.63, 3.8) is 0 Å². The van der Waals surface area contributed by atoms with E-state index in [-0.39, 0.29) is 23.7 Å². The average Bonchev–Trinajstić information content (AvgIpc) is 2.60. The summed E-state index contributed by atoms with van der Waals surface area (Å²) in [7, 11) is -3.41. The summed E-state index contributed by atoms with van der Waals surface area (Å²) in [6.45, 7) is 4.99. The van der Waals surface area contributed by atoms with E-state index in [1.54, 1.807) is 30.3 Å². The molecule has 6 nitrogen and oxygen atoms in total. The van der Waals surface area contributed by atoms with Crippen molar-refractivity contribution in [2.24, 2.45) is 11.3 Å². The molecule has 1 aromatic rings. The largest absolute Gasteiger partial charge is 0.481 e. The zero-order valence-electron chi connectivity index (χ0n) is 15.5. The summed E-state index contributed by atoms with van der Waals surface area (Å²) < 4.78 is 24.9. The van der Waals surface area contributed by atoms with E-state index in [4.69, 9.17) is 0 Å². The number of rotatable bonds is 8. The van der Waals surface area contributed by atoms with Crippen LogP contribution in [0.15, 0.2) is 35.2 Å². The Morgan fingerprint density at radius 3 is 2.54 bits per heavy atom. The minimum Gasteiger partial charge on any atom is -0.481 e. The van der Waals surface area contributed by atoms with E-state index >= 15 is 0 Å². The summed E-state index contributed by atoms with van der Waals surface area (Å²) >= 11 is 0. The molecule has 26 heavy (non-hydrogen) atoms. The monoisotopic (exact) mass is 383 g/mol. The molecule has 2 N–H and O–H groups in total. The van der Waals surface area contributed by atoms with E-state index in [0.29, 0.717) is 31.7 Å². The maximum atomic E-state index is 12.5. The highest BCUT2D eigenvalue weighted by atomic mass is 32.2. The van der Waals surface area contributed by atoms with E-state index in [9.17, 15) is 23.4 Å². The Morgan fingerprint density at radius 1 is 1.31 bits per heavy atom. The first-order chi connectivity index (χ1) is 12.2. The zero-order valence-corrected chi connectivity index (χ0v) is 16.3. The lowest BCUT2D eigenvalue weighted by atomic mass is 9.73. The highest BCUT2D eigenvalue weighted by Gasteiger charge is 2.48. The van der Waals surface area contributed by atoms with Crippen molar-refractivity contribution in [1.82, 2.24) is 4.90 Å². The van der Waals surface area contributed by atoms with E-state index in [2.05, 4.69) is 0 Å². The number of aliphatic hydroxyl groups is 1. The van der Waals surface area contributed by atoms with E-state index in [0.717, 1.165) is 0 Å². The molecule has 1 saturated heterocycles. The number of nitrogens with zero attached hydrogens (tertiary/aromatic N) is 1. The lowest BCUT2D eigenvalue weighted by Crippen LogP contribution is -2.56. The molecular weight excluding hydrogens is 354 g/mol. The Morgan fingerprint density at radius 2 is 1.96 bits per heavy atom. The molecule has 0 unspecified atom stereocenters. The molecule has 0 aromatic heterocycles. The van der Waals surface area contributed by atoms with Gasteiger partial charge in [0.05, 0.1) is 16.8 Å². The van der Waals surface area contributed by atoms with Gasteiger partial charge in [-0.2, -0.15) is 0 Å². The normalized spacial score (nSPS) is 24.7. The summed E-state index contributed by atoms with van der Waals surface area (Å²) in [4.78, 5) is 14.1. The number of sulfone groups is 1. The predicted octanol–water partition coefficient (Wildman–Crippen LogP) is 2.03. The van der Waals surface area contributed by atoms with Crippen LogP contribution in [0, 0.1) is 11.3 Å². The van der Waals surface area contributed by atoms with Crippen molar-refractivity contribution >= 4 is 15.8 Å². The lowest BCUT2D eigenvalue weighted by molar-refractivity contribution is -0.164. The highest BCUT2D eigenvalue weighted by Crippen LogP contribution is 2.36. The van der Waals surface area contributed by atoms with Gasteiger partial charge < -0.3 is 15.1 Å². The number of hydrogen-bond donors (Lipinski definition) is 2. The van der Waals surface area contributed by atoms with Crippen LogP contribution < -0.4 is 0 Å². The Labute approximate surface area is 155 Å². The van der Waals surface area contributed by atoms with Gasteiger partial charge in [-0.1, -0.05) is 32.0 Å². The molecular formula is C19H29NO5S. The third-order valence-electron chi connectivity index (χ3n) is 5.23. The molecule has 1 aromatic carbocycles. The Hall–Kier alpha value is -1.44. The lowest BCUT2D eigenvalue weighted by Gasteiger charge is -2.43. The van der Waals surface area contributed by atoms with Gasteiger partial charge in [0.15, 0.2) is 9.84 Å². The first kappa shape index (κ1) is 20.9. The standard InChI is InChI=1S/C19H29NO5S/c1-15(2)8-10-19(18(22)23)14-20(11-9-17(19)21)12-13-26(24,25)16-6-4-3-5-7-16/h3-7,15,17,21H,8-14H2,1-2H3,(H,22,23)/t17-,19-/m1/s1. The van der Waals surface area contributed by atoms with Crippen molar-refractivity contribution < 1.29 is 23.4 Å². The van der Waals surface area contributed by atoms with Gasteiger partial charge in [-0.3, -0.25) is 4.79 Å². The quantitative estimate of drug-likeness (QED) is 0.713. The molecule has 1 fully saturated rings. The number of likely N-dealkylation sites (tertiary alicyclic amines) is 1. The second-order valence-corrected chi connectivity index (χ2v) is 9.72. The van der Waals surface area contributed by atoms with Crippen LogP contribution in [-0.2, 0) is 14.6 Å². The molecule has 0 saturated carbocycles. The fraction of sp³-hybridized carbons (Fsp3) is 0.632. The van der Waals surface area contributed by atoms with E-state index in [1.165, 1.54) is 0 Å². The average molecular weight is 384 g/mol. The minimum absolute atomic E-state index is 0.0625. The summed E-state index contributed by atoms with van der Waals surface area (Å²) in [6, 6.07) is 8.27. The van der Waals surface area contributed by atoms with Crippen LogP contribution in [0.4, 0.5) is 0 Å². The van der Waals surface area contributed by atoms with Gasteiger partial charge in [-0.15, -0.1) is 0 Å². The van der Waals surface area contributed by atoms with Crippen molar-refractivity contribution in [1.29, 1.82) is 0 Å². The SMILES string of the molecule is CC(C)CC[C@@]1(C(=O)O)CN(CCS(=O)(=O)c2ccccc2)CC[C@H]1O. The Kier molecular flexibility index (Phi) is 6.82. The van der Waals surface area contributed by atoms with Crippen LogP contribution in [0.1, 0.15) is 33.1 Å². The first-order valence-corrected chi connectivity index (χ1v) is 10.7. The number of carbonyl (C=O) groups is 1. The van der Waals surface area contributed by atoms with E-state index in [1.807, 2.05) is 18.7 Å². The van der Waals surface area contributed by atoms with Crippen molar-refractivity contribution in [2.75, 3.05) is 25.4 Å². The molecule has 1 aliphatic rings. The fourth-order valence-electron chi connectivity index (χ4n) is 3.46. The first-order valence-electron chi connectivity index (χ1n) is 9.09. The van der Waals surface area contributed by atoms with Crippen LogP contribution in [-0.4, -0.2) is 61.0 Å². The molecule has 1 heterocycles. The van der Waals surface area contributed by atoms with E-state index < -0.39 is 27.3 Å². The molecule has 0 amide bonds. The number of carboxylic acids is 1. The van der Waals surface area contributed by atoms with Crippen LogP contribution in [0.5, 0.6) is 0 Å². The van der Waals surface area contributed by atoms with Gasteiger partial charge in [0, 0.05) is 19.6 Å². The topological polar surface area (TPSA) is 94.9 Å². The molecule has 0 spiro atoms. The number of hydrogen-bond acceptors (Lipinski definition) is 5. The highest BCUT2D eigenvalue weighted by molar-refractivity contribution is 7.91. The summed E-state index contributed by atoms with van der Waals surface area (Å²) in [6.07, 6.45) is 0.541. The smallest absolute Gasteiger partial charge is 0.313 e. The third kappa shape index (κ3) is 4.84. The van der Waals surface area contributed by atoms with Crippen LogP contribution in [0.2, 0.25) is 0 Å². The Balaban J connectivity index is 2.08. The van der Waals surface area contributed by atoms with Crippen molar-refractivity contribution in [3.8, 4) is 0 Å². The molecule has 2 atom stereocenters. The Bertz CT molecular complexity index is 704. The number of aliphatic hydroxyl groups excluding tert-OH is 1. The summed E-state index contributed by atoms with van der Waals surface area (Å²) in [5.41, 5.74) is -1.22. The number of benzene rings is 1. The van der Waals surface area contributed by atoms with Gasteiger partial charge in [0.25, 0.3) is 0 Å². The summed E-state index contributed by atoms with van der Waals surface area (Å²) in [5, 5.41) is 20.2. The van der Waals surface area contributed by atoms with Gasteiger partial charge in [-0.25, -0.2) is 8.42 Å². The zero-order chi connectivity index (χ0) is 19.4. The third-order valence-corrected chi connectivity index (χ3v) is 6.95. The van der Waals surface area contributed by atoms with Gasteiger partial charge in [0.1, 0.15) is 5.41 Å². The predicted molar refractivity (Wildman–Crippen MR) is 99.7 cm³/mol. The molecule has 7 heteroatoms. The second kappa shape index (κ2) is 8.50. The number of piperidine rings is 1.